The van der Waals surface area contributed by atoms with Gasteiger partial charge in [-0.2, -0.15) is 0 Å². The number of rotatable bonds is 9. The molecule has 1 fully saturated rings. The van der Waals surface area contributed by atoms with Gasteiger partial charge in [0.05, 0.1) is 33.1 Å². The van der Waals surface area contributed by atoms with Crippen LogP contribution in [0.15, 0.2) is 65.6 Å². The number of amides is 2. The van der Waals surface area contributed by atoms with Crippen LogP contribution in [0.25, 0.3) is 0 Å². The van der Waals surface area contributed by atoms with E-state index in [1.807, 2.05) is 0 Å². The van der Waals surface area contributed by atoms with Crippen molar-refractivity contribution in [3.05, 3.63) is 76.8 Å². The normalized spacial score (nSPS) is 21.1. The number of anilines is 1. The molecule has 46 heavy (non-hydrogen) atoms. The van der Waals surface area contributed by atoms with Gasteiger partial charge < -0.3 is 23.8 Å². The Labute approximate surface area is 272 Å². The molecule has 3 aromatic carbocycles. The summed E-state index contributed by atoms with van der Waals surface area (Å²) in [6, 6.07) is 14.2. The lowest BCUT2D eigenvalue weighted by atomic mass is 9.80. The molecule has 0 unspecified atom stereocenters. The molecule has 0 aromatic heterocycles. The van der Waals surface area contributed by atoms with Gasteiger partial charge in [0.2, 0.25) is 5.91 Å². The number of methoxy groups -OCH3 is 3. The van der Waals surface area contributed by atoms with Crippen LogP contribution in [0.1, 0.15) is 24.5 Å². The third-order valence-electron chi connectivity index (χ3n) is 8.20. The molecular weight excluding hydrogens is 638 g/mol. The lowest BCUT2D eigenvalue weighted by Gasteiger charge is -2.42. The van der Waals surface area contributed by atoms with Gasteiger partial charge in [-0.3, -0.25) is 19.3 Å². The summed E-state index contributed by atoms with van der Waals surface area (Å²) in [5.41, 5.74) is -1.49. The number of carbonyl (C=O) groups excluding carboxylic acids is 3. The highest BCUT2D eigenvalue weighted by Gasteiger charge is 2.64. The third kappa shape index (κ3) is 5.21. The van der Waals surface area contributed by atoms with Gasteiger partial charge in [-0.25, -0.2) is 12.7 Å². The molecule has 14 heteroatoms. The largest absolute Gasteiger partial charge is 0.497 e. The van der Waals surface area contributed by atoms with Gasteiger partial charge in [-0.05, 0) is 36.4 Å². The molecule has 0 radical (unpaired) electrons. The number of carbonyl (C=O) groups is 3. The average Bonchev–Trinajstić information content (AvgIpc) is 3.55. The highest BCUT2D eigenvalue weighted by atomic mass is 35.5. The van der Waals surface area contributed by atoms with Gasteiger partial charge in [0.1, 0.15) is 28.2 Å². The zero-order valence-electron chi connectivity index (χ0n) is 26.1. The molecular formula is C32H34ClN3O9S. The first kappa shape index (κ1) is 33.0. The summed E-state index contributed by atoms with van der Waals surface area (Å²) in [6.45, 7) is 1.17. The van der Waals surface area contributed by atoms with Crippen molar-refractivity contribution in [3.8, 4) is 17.2 Å². The Balaban J connectivity index is 1.86. The lowest BCUT2D eigenvalue weighted by Crippen LogP contribution is -2.59. The van der Waals surface area contributed by atoms with Crippen LogP contribution in [0.5, 0.6) is 17.2 Å². The number of para-hydroxylation sites is 1. The van der Waals surface area contributed by atoms with E-state index in [1.165, 1.54) is 69.6 Å². The van der Waals surface area contributed by atoms with Crippen LogP contribution in [-0.2, 0) is 34.7 Å². The number of fused-ring (bicyclic) bond motifs is 1. The van der Waals surface area contributed by atoms with Crippen molar-refractivity contribution in [1.82, 2.24) is 9.80 Å². The fraction of sp³-hybridized carbons (Fsp3) is 0.344. The molecule has 5 rings (SSSR count). The highest BCUT2D eigenvalue weighted by molar-refractivity contribution is 7.93. The molecule has 2 amide bonds. The maximum atomic E-state index is 15.4. The number of nitrogens with zero attached hydrogens (tertiary/aromatic N) is 3. The summed E-state index contributed by atoms with van der Waals surface area (Å²) in [7, 11) is 2.63. The van der Waals surface area contributed by atoms with Crippen molar-refractivity contribution in [2.45, 2.75) is 35.9 Å². The fourth-order valence-corrected chi connectivity index (χ4v) is 8.10. The second-order valence-corrected chi connectivity index (χ2v) is 13.2. The van der Waals surface area contributed by atoms with Gasteiger partial charge in [0.15, 0.2) is 5.54 Å². The Morgan fingerprint density at radius 2 is 1.63 bits per heavy atom. The number of likely N-dealkylation sites (tertiary alicyclic amines) is 1. The van der Waals surface area contributed by atoms with Crippen LogP contribution in [0.3, 0.4) is 0 Å². The number of hydrogen-bond acceptors (Lipinski definition) is 10. The Morgan fingerprint density at radius 3 is 2.26 bits per heavy atom. The fourth-order valence-electron chi connectivity index (χ4n) is 6.33. The molecule has 0 spiro atoms. The SMILES string of the molecule is COc1ccc(S(=O)(=O)N2C(=O)[C@@](c3ccccc3OC)(N3C[C@H](OC(C)=O)C[C@H]3C(=O)N(C)C)c3cc(Cl)ccc32)c(OC)c1. The van der Waals surface area contributed by atoms with Gasteiger partial charge in [0.25, 0.3) is 15.9 Å². The Morgan fingerprint density at radius 1 is 0.935 bits per heavy atom. The summed E-state index contributed by atoms with van der Waals surface area (Å²) < 4.78 is 52.0. The Hall–Kier alpha value is -4.33. The van der Waals surface area contributed by atoms with E-state index in [-0.39, 0.29) is 57.1 Å². The molecule has 244 valence electrons. The van der Waals surface area contributed by atoms with Crippen molar-refractivity contribution < 1.29 is 41.7 Å². The molecule has 0 N–H and O–H groups in total. The van der Waals surface area contributed by atoms with Crippen LogP contribution < -0.4 is 18.5 Å². The summed E-state index contributed by atoms with van der Waals surface area (Å²) in [4.78, 5) is 44.0. The predicted molar refractivity (Wildman–Crippen MR) is 169 cm³/mol. The Kier molecular flexibility index (Phi) is 8.95. The molecule has 0 bridgehead atoms. The smallest absolute Gasteiger partial charge is 0.302 e. The highest BCUT2D eigenvalue weighted by Crippen LogP contribution is 2.55. The quantitative estimate of drug-likeness (QED) is 0.312. The van der Waals surface area contributed by atoms with Crippen molar-refractivity contribution in [2.75, 3.05) is 46.3 Å². The average molecular weight is 672 g/mol. The van der Waals surface area contributed by atoms with Crippen molar-refractivity contribution in [3.63, 3.8) is 0 Å². The summed E-state index contributed by atoms with van der Waals surface area (Å²) in [5.74, 6) is -1.29. The van der Waals surface area contributed by atoms with Crippen LogP contribution >= 0.6 is 11.6 Å². The summed E-state index contributed by atoms with van der Waals surface area (Å²) in [5, 5.41) is 0.221. The number of sulfonamides is 1. The first-order valence-corrected chi connectivity index (χ1v) is 16.0. The number of esters is 1. The number of ether oxygens (including phenoxy) is 4. The molecule has 2 aliphatic heterocycles. The van der Waals surface area contributed by atoms with Gasteiger partial charge in [0, 0.05) is 56.2 Å². The van der Waals surface area contributed by atoms with Gasteiger partial charge >= 0.3 is 5.97 Å². The zero-order valence-corrected chi connectivity index (χ0v) is 27.7. The minimum atomic E-state index is -4.68. The molecule has 2 aliphatic rings. The first-order valence-electron chi connectivity index (χ1n) is 14.2. The van der Waals surface area contributed by atoms with E-state index in [2.05, 4.69) is 0 Å². The van der Waals surface area contributed by atoms with E-state index in [1.54, 1.807) is 43.3 Å². The van der Waals surface area contributed by atoms with Crippen LogP contribution in [-0.4, -0.2) is 90.1 Å². The zero-order chi connectivity index (χ0) is 33.6. The minimum Gasteiger partial charge on any atom is -0.497 e. The van der Waals surface area contributed by atoms with Crippen molar-refractivity contribution in [1.29, 1.82) is 0 Å². The van der Waals surface area contributed by atoms with Gasteiger partial charge in [-0.15, -0.1) is 0 Å². The number of benzene rings is 3. The predicted octanol–water partition coefficient (Wildman–Crippen LogP) is 3.44. The van der Waals surface area contributed by atoms with E-state index in [4.69, 9.17) is 30.5 Å². The van der Waals surface area contributed by atoms with Crippen LogP contribution in [0.4, 0.5) is 5.69 Å². The maximum Gasteiger partial charge on any atom is 0.302 e. The first-order chi connectivity index (χ1) is 21.8. The summed E-state index contributed by atoms with van der Waals surface area (Å²) >= 11 is 6.57. The minimum absolute atomic E-state index is 0.0187. The third-order valence-corrected chi connectivity index (χ3v) is 10.2. The number of likely N-dealkylation sites (N-methyl/N-ethyl adjacent to an activating group) is 1. The van der Waals surface area contributed by atoms with Crippen molar-refractivity contribution in [2.24, 2.45) is 0 Å². The maximum absolute atomic E-state index is 15.4. The molecule has 3 atom stereocenters. The number of halogens is 1. The van der Waals surface area contributed by atoms with Crippen LogP contribution in [0.2, 0.25) is 5.02 Å². The molecule has 2 heterocycles. The second kappa shape index (κ2) is 12.5. The summed E-state index contributed by atoms with van der Waals surface area (Å²) in [6.07, 6.45) is -0.740. The van der Waals surface area contributed by atoms with E-state index in [9.17, 15) is 18.0 Å². The molecule has 3 aromatic rings. The monoisotopic (exact) mass is 671 g/mol. The van der Waals surface area contributed by atoms with E-state index in [0.29, 0.717) is 10.1 Å². The molecule has 12 nitrogen and oxygen atoms in total. The molecule has 0 aliphatic carbocycles. The lowest BCUT2D eigenvalue weighted by molar-refractivity contribution is -0.146. The second-order valence-electron chi connectivity index (χ2n) is 11.0. The van der Waals surface area contributed by atoms with E-state index >= 15 is 4.79 Å². The van der Waals surface area contributed by atoms with Crippen LogP contribution in [0, 0.1) is 0 Å². The van der Waals surface area contributed by atoms with Gasteiger partial charge in [-0.1, -0.05) is 29.8 Å². The molecule has 1 saturated heterocycles. The standard InChI is InChI=1S/C32H34ClN3O9S/c1-19(37)45-22-16-26(30(38)34(2)3)35(18-22)32(23-9-7-8-10-27(23)43-5)24-15-20(33)11-13-25(24)36(31(32)39)46(40,41)29-14-12-21(42-4)17-28(29)44-6/h7-15,17,22,26H,16,18H2,1-6H3/t22-,26+,32+/m1/s1. The molecule has 0 saturated carbocycles. The van der Waals surface area contributed by atoms with Crippen molar-refractivity contribution >= 4 is 45.1 Å². The van der Waals surface area contributed by atoms with E-state index < -0.39 is 39.6 Å². The number of hydrogen-bond donors (Lipinski definition) is 0. The van der Waals surface area contributed by atoms with E-state index in [0.717, 1.165) is 0 Å². The Bertz CT molecular complexity index is 1820. The topological polar surface area (TPSA) is 132 Å².